The molecule has 0 radical (unpaired) electrons. The number of sulfone groups is 1. The second kappa shape index (κ2) is 7.06. The van der Waals surface area contributed by atoms with Gasteiger partial charge in [-0.1, -0.05) is 23.7 Å². The third kappa shape index (κ3) is 3.50. The van der Waals surface area contributed by atoms with Gasteiger partial charge in [-0.05, 0) is 42.8 Å². The van der Waals surface area contributed by atoms with Crippen LogP contribution in [-0.2, 0) is 9.84 Å². The molecule has 0 bridgehead atoms. The fourth-order valence-corrected chi connectivity index (χ4v) is 4.79. The molecule has 132 valence electrons. The van der Waals surface area contributed by atoms with Gasteiger partial charge in [0.05, 0.1) is 22.8 Å². The molecule has 1 heterocycles. The van der Waals surface area contributed by atoms with Gasteiger partial charge in [-0.15, -0.1) is 0 Å². The number of carbonyl (C=O) groups is 1. The van der Waals surface area contributed by atoms with Crippen molar-refractivity contribution in [2.24, 2.45) is 0 Å². The Kier molecular flexibility index (Phi) is 5.01. The molecule has 1 aliphatic rings. The highest BCUT2D eigenvalue weighted by molar-refractivity contribution is 7.92. The van der Waals surface area contributed by atoms with E-state index in [9.17, 15) is 13.2 Å². The first kappa shape index (κ1) is 17.8. The summed E-state index contributed by atoms with van der Waals surface area (Å²) in [5.41, 5.74) is 0.439. The standard InChI is InChI=1S/C18H18ClNO4S/c1-24-17-5-3-2-4-16(17)18(21)20-11-10-15(12-20)25(22,23)14-8-6-13(19)7-9-14/h2-9,15H,10-12H2,1H3. The Morgan fingerprint density at radius 1 is 1.16 bits per heavy atom. The maximum absolute atomic E-state index is 12.8. The number of amides is 1. The van der Waals surface area contributed by atoms with E-state index in [-0.39, 0.29) is 17.3 Å². The van der Waals surface area contributed by atoms with E-state index < -0.39 is 15.1 Å². The minimum atomic E-state index is -3.50. The van der Waals surface area contributed by atoms with E-state index in [2.05, 4.69) is 0 Å². The number of methoxy groups -OCH3 is 1. The summed E-state index contributed by atoms with van der Waals surface area (Å²) < 4.78 is 30.8. The molecular formula is C18H18ClNO4S. The van der Waals surface area contributed by atoms with Crippen LogP contribution in [0.4, 0.5) is 0 Å². The fraction of sp³-hybridized carbons (Fsp3) is 0.278. The lowest BCUT2D eigenvalue weighted by Crippen LogP contribution is -2.32. The van der Waals surface area contributed by atoms with Crippen molar-refractivity contribution in [2.75, 3.05) is 20.2 Å². The molecule has 0 saturated carbocycles. The Morgan fingerprint density at radius 3 is 2.52 bits per heavy atom. The summed E-state index contributed by atoms with van der Waals surface area (Å²) >= 11 is 5.82. The Hall–Kier alpha value is -2.05. The third-order valence-electron chi connectivity index (χ3n) is 4.35. The van der Waals surface area contributed by atoms with E-state index in [1.165, 1.54) is 19.2 Å². The predicted octanol–water partition coefficient (Wildman–Crippen LogP) is 3.04. The molecule has 0 aliphatic carbocycles. The zero-order chi connectivity index (χ0) is 18.0. The molecule has 1 atom stereocenters. The van der Waals surface area contributed by atoms with Crippen LogP contribution >= 0.6 is 11.6 Å². The zero-order valence-electron chi connectivity index (χ0n) is 13.7. The summed E-state index contributed by atoms with van der Waals surface area (Å²) in [6.07, 6.45) is 0.409. The van der Waals surface area contributed by atoms with Gasteiger partial charge in [0.25, 0.3) is 5.91 Å². The number of ether oxygens (including phenoxy) is 1. The summed E-state index contributed by atoms with van der Waals surface area (Å²) in [6.45, 7) is 0.566. The van der Waals surface area contributed by atoms with Gasteiger partial charge in [0.2, 0.25) is 0 Å². The SMILES string of the molecule is COc1ccccc1C(=O)N1CCC(S(=O)(=O)c2ccc(Cl)cc2)C1. The molecule has 3 rings (SSSR count). The maximum Gasteiger partial charge on any atom is 0.257 e. The largest absolute Gasteiger partial charge is 0.496 e. The van der Waals surface area contributed by atoms with Crippen LogP contribution in [0.5, 0.6) is 5.75 Å². The molecule has 1 amide bonds. The van der Waals surface area contributed by atoms with Crippen LogP contribution in [0.15, 0.2) is 53.4 Å². The summed E-state index contributed by atoms with van der Waals surface area (Å²) in [5, 5.41) is -0.134. The van der Waals surface area contributed by atoms with Gasteiger partial charge in [-0.2, -0.15) is 0 Å². The lowest BCUT2D eigenvalue weighted by molar-refractivity contribution is 0.0790. The van der Waals surface area contributed by atoms with E-state index in [0.717, 1.165) is 0 Å². The summed E-state index contributed by atoms with van der Waals surface area (Å²) in [4.78, 5) is 14.5. The molecular weight excluding hydrogens is 362 g/mol. The summed E-state index contributed by atoms with van der Waals surface area (Å²) in [5.74, 6) is 0.266. The second-order valence-corrected chi connectivity index (χ2v) is 8.53. The van der Waals surface area contributed by atoms with Crippen molar-refractivity contribution in [3.63, 3.8) is 0 Å². The number of nitrogens with zero attached hydrogens (tertiary/aromatic N) is 1. The smallest absolute Gasteiger partial charge is 0.257 e. The lowest BCUT2D eigenvalue weighted by atomic mass is 10.2. The van der Waals surface area contributed by atoms with Gasteiger partial charge < -0.3 is 9.64 Å². The van der Waals surface area contributed by atoms with Gasteiger partial charge in [-0.3, -0.25) is 4.79 Å². The monoisotopic (exact) mass is 379 g/mol. The van der Waals surface area contributed by atoms with Crippen molar-refractivity contribution >= 4 is 27.3 Å². The Morgan fingerprint density at radius 2 is 1.84 bits per heavy atom. The third-order valence-corrected chi connectivity index (χ3v) is 6.79. The molecule has 1 aliphatic heterocycles. The van der Waals surface area contributed by atoms with Crippen LogP contribution < -0.4 is 4.74 Å². The van der Waals surface area contributed by atoms with Gasteiger partial charge in [-0.25, -0.2) is 8.42 Å². The van der Waals surface area contributed by atoms with Crippen molar-refractivity contribution in [1.82, 2.24) is 4.90 Å². The fourth-order valence-electron chi connectivity index (χ4n) is 2.97. The number of rotatable bonds is 4. The highest BCUT2D eigenvalue weighted by atomic mass is 35.5. The highest BCUT2D eigenvalue weighted by Gasteiger charge is 2.36. The summed E-state index contributed by atoms with van der Waals surface area (Å²) in [7, 11) is -2.00. The normalized spacial score (nSPS) is 17.5. The van der Waals surface area contributed by atoms with E-state index in [0.29, 0.717) is 29.3 Å². The lowest BCUT2D eigenvalue weighted by Gasteiger charge is -2.18. The number of hydrogen-bond donors (Lipinski definition) is 0. The molecule has 0 aromatic heterocycles. The van der Waals surface area contributed by atoms with Gasteiger partial charge in [0, 0.05) is 18.1 Å². The molecule has 25 heavy (non-hydrogen) atoms. The van der Waals surface area contributed by atoms with Gasteiger partial charge >= 0.3 is 0 Å². The Labute approximate surface area is 152 Å². The molecule has 5 nitrogen and oxygen atoms in total. The predicted molar refractivity (Wildman–Crippen MR) is 95.9 cm³/mol. The number of halogens is 1. The zero-order valence-corrected chi connectivity index (χ0v) is 15.3. The minimum Gasteiger partial charge on any atom is -0.496 e. The first-order chi connectivity index (χ1) is 11.9. The van der Waals surface area contributed by atoms with Crippen LogP contribution in [0.3, 0.4) is 0 Å². The van der Waals surface area contributed by atoms with Crippen molar-refractivity contribution in [3.05, 3.63) is 59.1 Å². The average molecular weight is 380 g/mol. The van der Waals surface area contributed by atoms with Crippen LogP contribution in [0, 0.1) is 0 Å². The Bertz CT molecular complexity index is 880. The Balaban J connectivity index is 1.79. The molecule has 2 aromatic rings. The van der Waals surface area contributed by atoms with Crippen LogP contribution in [0.25, 0.3) is 0 Å². The topological polar surface area (TPSA) is 63.7 Å². The number of benzene rings is 2. The molecule has 7 heteroatoms. The van der Waals surface area contributed by atoms with Crippen LogP contribution in [0.2, 0.25) is 5.02 Å². The van der Waals surface area contributed by atoms with E-state index in [4.69, 9.17) is 16.3 Å². The number of hydrogen-bond acceptors (Lipinski definition) is 4. The maximum atomic E-state index is 12.8. The first-order valence-corrected chi connectivity index (χ1v) is 9.77. The first-order valence-electron chi connectivity index (χ1n) is 7.85. The van der Waals surface area contributed by atoms with Crippen molar-refractivity contribution in [1.29, 1.82) is 0 Å². The van der Waals surface area contributed by atoms with E-state index in [1.54, 1.807) is 41.3 Å². The van der Waals surface area contributed by atoms with Crippen LogP contribution in [-0.4, -0.2) is 44.7 Å². The van der Waals surface area contributed by atoms with Gasteiger partial charge in [0.15, 0.2) is 9.84 Å². The molecule has 2 aromatic carbocycles. The minimum absolute atomic E-state index is 0.168. The average Bonchev–Trinajstić information content (AvgIpc) is 3.12. The van der Waals surface area contributed by atoms with E-state index in [1.807, 2.05) is 0 Å². The highest BCUT2D eigenvalue weighted by Crippen LogP contribution is 2.27. The molecule has 1 fully saturated rings. The van der Waals surface area contributed by atoms with Crippen LogP contribution in [0.1, 0.15) is 16.8 Å². The van der Waals surface area contributed by atoms with Crippen molar-refractivity contribution in [3.8, 4) is 5.75 Å². The number of para-hydroxylation sites is 1. The second-order valence-electron chi connectivity index (χ2n) is 5.86. The van der Waals surface area contributed by atoms with Crippen molar-refractivity contribution in [2.45, 2.75) is 16.6 Å². The molecule has 0 N–H and O–H groups in total. The molecule has 1 saturated heterocycles. The van der Waals surface area contributed by atoms with Gasteiger partial charge in [0.1, 0.15) is 5.75 Å². The summed E-state index contributed by atoms with van der Waals surface area (Å²) in [6, 6.07) is 13.1. The molecule has 0 spiro atoms. The quantitative estimate of drug-likeness (QED) is 0.819. The number of carbonyl (C=O) groups excluding carboxylic acids is 1. The van der Waals surface area contributed by atoms with E-state index >= 15 is 0 Å². The molecule has 1 unspecified atom stereocenters. The van der Waals surface area contributed by atoms with Crippen molar-refractivity contribution < 1.29 is 17.9 Å². The number of likely N-dealkylation sites (tertiary alicyclic amines) is 1.